The quantitative estimate of drug-likeness (QED) is 0.633. The van der Waals surface area contributed by atoms with Crippen molar-refractivity contribution in [3.63, 3.8) is 0 Å². The van der Waals surface area contributed by atoms with E-state index in [0.717, 1.165) is 4.90 Å². The third-order valence-corrected chi connectivity index (χ3v) is 5.30. The summed E-state index contributed by atoms with van der Waals surface area (Å²) < 4.78 is 5.04. The fourth-order valence-corrected chi connectivity index (χ4v) is 4.08. The number of β-lactam (4-membered cyclic amide) rings is 1. The Hall–Kier alpha value is -2.52. The van der Waals surface area contributed by atoms with Crippen molar-refractivity contribution in [3.05, 3.63) is 47.4 Å². The number of methoxy groups -OCH3 is 1. The zero-order chi connectivity index (χ0) is 18.1. The van der Waals surface area contributed by atoms with Crippen LogP contribution in [0.1, 0.15) is 11.7 Å². The van der Waals surface area contributed by atoms with E-state index >= 15 is 0 Å². The molecule has 2 aliphatic heterocycles. The van der Waals surface area contributed by atoms with Crippen molar-refractivity contribution in [3.8, 4) is 0 Å². The average Bonchev–Trinajstić information content (AvgIpc) is 2.64. The molecular formula is C16H16N2O6S. The Balaban J connectivity index is 1.73. The molecule has 2 amide bonds. The average molecular weight is 364 g/mol. The van der Waals surface area contributed by atoms with E-state index in [2.05, 4.69) is 5.32 Å². The van der Waals surface area contributed by atoms with Crippen molar-refractivity contribution in [2.45, 2.75) is 17.5 Å². The molecule has 1 fully saturated rings. The molecule has 2 aliphatic rings. The summed E-state index contributed by atoms with van der Waals surface area (Å²) in [4.78, 5) is 37.1. The van der Waals surface area contributed by atoms with E-state index in [0.29, 0.717) is 5.56 Å². The lowest BCUT2D eigenvalue weighted by atomic mass is 10.0. The van der Waals surface area contributed by atoms with E-state index in [9.17, 15) is 24.6 Å². The number of hydrogen-bond acceptors (Lipinski definition) is 6. The predicted octanol–water partition coefficient (Wildman–Crippen LogP) is 0.0625. The van der Waals surface area contributed by atoms with Gasteiger partial charge in [0.25, 0.3) is 11.8 Å². The summed E-state index contributed by atoms with van der Waals surface area (Å²) in [6.07, 6.45) is -1.40. The number of aliphatic carboxylic acids is 1. The molecule has 1 aromatic carbocycles. The van der Waals surface area contributed by atoms with Gasteiger partial charge in [-0.15, -0.1) is 11.8 Å². The first-order chi connectivity index (χ1) is 12.0. The molecule has 8 nitrogen and oxygen atoms in total. The normalized spacial score (nSPS) is 23.4. The molecule has 3 N–H and O–H groups in total. The number of ether oxygens (including phenoxy) is 1. The first kappa shape index (κ1) is 17.3. The summed E-state index contributed by atoms with van der Waals surface area (Å²) in [5, 5.41) is 21.4. The highest BCUT2D eigenvalue weighted by molar-refractivity contribution is 8.00. The van der Waals surface area contributed by atoms with E-state index in [1.54, 1.807) is 30.3 Å². The Bertz CT molecular complexity index is 750. The van der Waals surface area contributed by atoms with Crippen LogP contribution in [0.15, 0.2) is 41.8 Å². The van der Waals surface area contributed by atoms with Crippen LogP contribution in [0.5, 0.6) is 0 Å². The van der Waals surface area contributed by atoms with Crippen LogP contribution in [0.3, 0.4) is 0 Å². The van der Waals surface area contributed by atoms with Gasteiger partial charge in [0.05, 0.1) is 12.9 Å². The van der Waals surface area contributed by atoms with E-state index in [-0.39, 0.29) is 17.2 Å². The summed E-state index contributed by atoms with van der Waals surface area (Å²) >= 11 is 1.29. The molecule has 25 heavy (non-hydrogen) atoms. The number of carbonyl (C=O) groups excluding carboxylic acids is 2. The monoisotopic (exact) mass is 364 g/mol. The van der Waals surface area contributed by atoms with Crippen molar-refractivity contribution >= 4 is 29.5 Å². The number of aliphatic hydroxyl groups excluding tert-OH is 1. The number of fused-ring (bicyclic) bond motifs is 1. The number of carbonyl (C=O) groups is 3. The molecule has 0 saturated carbocycles. The van der Waals surface area contributed by atoms with Gasteiger partial charge in [-0.05, 0) is 5.56 Å². The van der Waals surface area contributed by atoms with Crippen LogP contribution in [0.2, 0.25) is 0 Å². The Morgan fingerprint density at radius 2 is 2.04 bits per heavy atom. The minimum Gasteiger partial charge on any atom is -0.498 e. The Morgan fingerprint density at radius 1 is 1.36 bits per heavy atom. The van der Waals surface area contributed by atoms with Gasteiger partial charge in [0, 0.05) is 0 Å². The summed E-state index contributed by atoms with van der Waals surface area (Å²) in [7, 11) is 1.35. The lowest BCUT2D eigenvalue weighted by Crippen LogP contribution is -2.70. The summed E-state index contributed by atoms with van der Waals surface area (Å²) in [5.41, 5.74) is 0.207. The van der Waals surface area contributed by atoms with Crippen LogP contribution >= 0.6 is 11.8 Å². The number of amides is 2. The summed E-state index contributed by atoms with van der Waals surface area (Å²) in [5.74, 6) is -2.03. The van der Waals surface area contributed by atoms with Crippen LogP contribution in [0.4, 0.5) is 0 Å². The van der Waals surface area contributed by atoms with Crippen LogP contribution in [-0.2, 0) is 19.1 Å². The van der Waals surface area contributed by atoms with Crippen LogP contribution in [0.25, 0.3) is 0 Å². The molecule has 0 radical (unpaired) electrons. The lowest BCUT2D eigenvalue weighted by Gasteiger charge is -2.49. The highest BCUT2D eigenvalue weighted by Gasteiger charge is 2.55. The zero-order valence-corrected chi connectivity index (χ0v) is 14.0. The molecular weight excluding hydrogens is 348 g/mol. The highest BCUT2D eigenvalue weighted by Crippen LogP contribution is 2.40. The van der Waals surface area contributed by atoms with Crippen LogP contribution in [-0.4, -0.2) is 57.2 Å². The van der Waals surface area contributed by atoms with Crippen molar-refractivity contribution in [2.75, 3.05) is 12.9 Å². The molecule has 132 valence electrons. The molecule has 0 aliphatic carbocycles. The second-order valence-corrected chi connectivity index (χ2v) is 6.60. The van der Waals surface area contributed by atoms with Gasteiger partial charge in [-0.1, -0.05) is 30.3 Å². The molecule has 0 bridgehead atoms. The number of rotatable bonds is 5. The standard InChI is InChI=1S/C16H16N2O6S/c1-24-9-7-25-15-10(14(21)18(15)11(9)16(22)23)17-13(20)12(19)8-5-3-2-4-6-8/h2-6,10,12,15,19H,7H2,1H3,(H,17,20)(H,22,23). The van der Waals surface area contributed by atoms with Gasteiger partial charge in [0.1, 0.15) is 17.2 Å². The lowest BCUT2D eigenvalue weighted by molar-refractivity contribution is -0.152. The minimum absolute atomic E-state index is 0.203. The number of nitrogens with zero attached hydrogens (tertiary/aromatic N) is 1. The molecule has 2 heterocycles. The largest absolute Gasteiger partial charge is 0.498 e. The van der Waals surface area contributed by atoms with Crippen molar-refractivity contribution < 1.29 is 29.3 Å². The molecule has 9 heteroatoms. The zero-order valence-electron chi connectivity index (χ0n) is 13.2. The fourth-order valence-electron chi connectivity index (χ4n) is 2.77. The number of hydrogen-bond donors (Lipinski definition) is 3. The van der Waals surface area contributed by atoms with Gasteiger partial charge < -0.3 is 20.3 Å². The van der Waals surface area contributed by atoms with Gasteiger partial charge in [-0.2, -0.15) is 0 Å². The molecule has 1 saturated heterocycles. The molecule has 3 atom stereocenters. The predicted molar refractivity (Wildman–Crippen MR) is 88.1 cm³/mol. The van der Waals surface area contributed by atoms with Crippen LogP contribution in [0, 0.1) is 0 Å². The van der Waals surface area contributed by atoms with E-state index in [1.165, 1.54) is 18.9 Å². The van der Waals surface area contributed by atoms with Crippen molar-refractivity contribution in [1.29, 1.82) is 0 Å². The van der Waals surface area contributed by atoms with Crippen LogP contribution < -0.4 is 5.32 Å². The van der Waals surface area contributed by atoms with E-state index in [1.807, 2.05) is 0 Å². The molecule has 3 unspecified atom stereocenters. The second-order valence-electron chi connectivity index (χ2n) is 5.49. The number of benzene rings is 1. The maximum Gasteiger partial charge on any atom is 0.356 e. The minimum atomic E-state index is -1.40. The Labute approximate surface area is 147 Å². The smallest absolute Gasteiger partial charge is 0.356 e. The van der Waals surface area contributed by atoms with Gasteiger partial charge in [-0.25, -0.2) is 4.79 Å². The Kier molecular flexibility index (Phi) is 4.69. The Morgan fingerprint density at radius 3 is 2.64 bits per heavy atom. The topological polar surface area (TPSA) is 116 Å². The van der Waals surface area contributed by atoms with E-state index in [4.69, 9.17) is 4.74 Å². The molecule has 1 aromatic rings. The summed E-state index contributed by atoms with van der Waals surface area (Å²) in [6.45, 7) is 0. The third-order valence-electron chi connectivity index (χ3n) is 4.04. The first-order valence-electron chi connectivity index (χ1n) is 7.44. The van der Waals surface area contributed by atoms with E-state index < -0.39 is 35.3 Å². The maximum atomic E-state index is 12.3. The van der Waals surface area contributed by atoms with Gasteiger partial charge >= 0.3 is 5.97 Å². The van der Waals surface area contributed by atoms with Gasteiger partial charge in [-0.3, -0.25) is 14.5 Å². The first-order valence-corrected chi connectivity index (χ1v) is 8.49. The SMILES string of the molecule is COC1=C(C(=O)O)N2C(=O)C(NC(=O)C(O)c3ccccc3)C2SC1. The summed E-state index contributed by atoms with van der Waals surface area (Å²) in [6, 6.07) is 7.45. The second kappa shape index (κ2) is 6.77. The molecule has 3 rings (SSSR count). The third kappa shape index (κ3) is 2.96. The number of thioether (sulfide) groups is 1. The van der Waals surface area contributed by atoms with Gasteiger partial charge in [0.2, 0.25) is 0 Å². The highest BCUT2D eigenvalue weighted by atomic mass is 32.2. The number of nitrogens with one attached hydrogen (secondary N) is 1. The molecule has 0 aromatic heterocycles. The number of carboxylic acids is 1. The van der Waals surface area contributed by atoms with Gasteiger partial charge in [0.15, 0.2) is 11.8 Å². The molecule has 0 spiro atoms. The van der Waals surface area contributed by atoms with Crippen molar-refractivity contribution in [1.82, 2.24) is 10.2 Å². The van der Waals surface area contributed by atoms with Crippen molar-refractivity contribution in [2.24, 2.45) is 0 Å². The number of carboxylic acid groups (broad SMARTS) is 1. The number of aliphatic hydroxyl groups is 1. The fraction of sp³-hybridized carbons (Fsp3) is 0.312. The maximum absolute atomic E-state index is 12.3.